The maximum atomic E-state index is 12.8. The fourth-order valence-electron chi connectivity index (χ4n) is 4.33. The first kappa shape index (κ1) is 22.9. The number of non-ortho nitro benzene ring substituents is 1. The molecule has 2 heterocycles. The number of imidazole rings is 1. The Hall–Kier alpha value is -4.86. The molecule has 0 unspecified atom stereocenters. The first-order valence-corrected chi connectivity index (χ1v) is 11.5. The number of rotatable bonds is 6. The summed E-state index contributed by atoms with van der Waals surface area (Å²) < 4.78 is 0. The van der Waals surface area contributed by atoms with Crippen LogP contribution >= 0.6 is 0 Å². The van der Waals surface area contributed by atoms with Gasteiger partial charge in [0.15, 0.2) is 0 Å². The van der Waals surface area contributed by atoms with Crippen molar-refractivity contribution in [3.8, 4) is 0 Å². The summed E-state index contributed by atoms with van der Waals surface area (Å²) in [4.78, 5) is 45.0. The third-order valence-electron chi connectivity index (χ3n) is 6.16. The Balaban J connectivity index is 1.35. The van der Waals surface area contributed by atoms with Gasteiger partial charge >= 0.3 is 5.69 Å². The van der Waals surface area contributed by atoms with Crippen molar-refractivity contribution in [1.29, 1.82) is 0 Å². The molecule has 1 aromatic heterocycles. The van der Waals surface area contributed by atoms with Crippen LogP contribution in [-0.2, 0) is 4.79 Å². The average Bonchev–Trinajstić information content (AvgIpc) is 3.26. The molecule has 182 valence electrons. The lowest BCUT2D eigenvalue weighted by Crippen LogP contribution is -2.46. The number of aromatic amines is 2. The molecule has 4 aromatic rings. The number of carbonyl (C=O) groups is 1. The molecule has 10 nitrogen and oxygen atoms in total. The molecule has 0 spiro atoms. The highest BCUT2D eigenvalue weighted by Gasteiger charge is 2.21. The number of fused-ring (bicyclic) bond motifs is 1. The Morgan fingerprint density at radius 3 is 2.22 bits per heavy atom. The van der Waals surface area contributed by atoms with E-state index in [9.17, 15) is 19.7 Å². The summed E-state index contributed by atoms with van der Waals surface area (Å²) in [6.45, 7) is 3.13. The molecular formula is C26H24N6O4. The molecule has 0 bridgehead atoms. The quantitative estimate of drug-likeness (QED) is 0.217. The molecule has 5 rings (SSSR count). The number of amides is 1. The lowest BCUT2D eigenvalue weighted by Gasteiger charge is -2.38. The lowest BCUT2D eigenvalue weighted by atomic mass is 10.1. The number of nitrogens with zero attached hydrogens (tertiary/aromatic N) is 3. The van der Waals surface area contributed by atoms with Gasteiger partial charge in [0.1, 0.15) is 0 Å². The van der Waals surface area contributed by atoms with Crippen LogP contribution in [0.2, 0.25) is 0 Å². The second kappa shape index (κ2) is 9.79. The largest absolute Gasteiger partial charge is 0.368 e. The van der Waals surface area contributed by atoms with Gasteiger partial charge < -0.3 is 25.1 Å². The van der Waals surface area contributed by atoms with Gasteiger partial charge in [0, 0.05) is 50.1 Å². The highest BCUT2D eigenvalue weighted by molar-refractivity contribution is 6.05. The molecule has 3 N–H and O–H groups in total. The Morgan fingerprint density at radius 2 is 1.56 bits per heavy atom. The Labute approximate surface area is 206 Å². The highest BCUT2D eigenvalue weighted by atomic mass is 16.6. The zero-order valence-corrected chi connectivity index (χ0v) is 19.3. The number of H-pyrrole nitrogens is 2. The van der Waals surface area contributed by atoms with Crippen LogP contribution in [0.25, 0.3) is 17.1 Å². The summed E-state index contributed by atoms with van der Waals surface area (Å²) in [6.07, 6.45) is 2.97. The van der Waals surface area contributed by atoms with Gasteiger partial charge in [0.05, 0.1) is 27.3 Å². The van der Waals surface area contributed by atoms with Gasteiger partial charge in [0.25, 0.3) is 5.69 Å². The number of anilines is 3. The van der Waals surface area contributed by atoms with E-state index in [1.165, 1.54) is 23.9 Å². The van der Waals surface area contributed by atoms with Crippen LogP contribution in [0.3, 0.4) is 0 Å². The molecule has 0 radical (unpaired) electrons. The molecule has 1 aliphatic rings. The van der Waals surface area contributed by atoms with Gasteiger partial charge in [-0.05, 0) is 48.0 Å². The Kier molecular flexibility index (Phi) is 6.23. The summed E-state index contributed by atoms with van der Waals surface area (Å²) in [7, 11) is 0. The Bertz CT molecular complexity index is 1480. The summed E-state index contributed by atoms with van der Waals surface area (Å²) in [5, 5.41) is 13.7. The van der Waals surface area contributed by atoms with E-state index in [1.807, 2.05) is 24.3 Å². The number of nitrogens with one attached hydrogen (secondary N) is 3. The maximum absolute atomic E-state index is 12.8. The minimum atomic E-state index is -0.469. The molecule has 0 atom stereocenters. The number of nitro groups is 1. The highest BCUT2D eigenvalue weighted by Crippen LogP contribution is 2.31. The molecule has 1 amide bonds. The maximum Gasteiger partial charge on any atom is 0.323 e. The lowest BCUT2D eigenvalue weighted by molar-refractivity contribution is -0.384. The van der Waals surface area contributed by atoms with Crippen molar-refractivity contribution >= 4 is 45.8 Å². The summed E-state index contributed by atoms with van der Waals surface area (Å²) in [5.41, 5.74) is 4.19. The normalized spacial score (nSPS) is 13.9. The number of benzene rings is 3. The van der Waals surface area contributed by atoms with Gasteiger partial charge in [-0.3, -0.25) is 14.9 Å². The van der Waals surface area contributed by atoms with Crippen molar-refractivity contribution in [2.45, 2.75) is 0 Å². The number of nitro benzene ring substituents is 1. The third-order valence-corrected chi connectivity index (χ3v) is 6.16. The third kappa shape index (κ3) is 4.97. The minimum Gasteiger partial charge on any atom is -0.368 e. The second-order valence-electron chi connectivity index (χ2n) is 8.47. The van der Waals surface area contributed by atoms with Gasteiger partial charge in [0.2, 0.25) is 5.91 Å². The van der Waals surface area contributed by atoms with E-state index in [1.54, 1.807) is 24.3 Å². The molecule has 1 saturated heterocycles. The number of hydrogen-bond acceptors (Lipinski definition) is 6. The van der Waals surface area contributed by atoms with Crippen molar-refractivity contribution < 1.29 is 9.72 Å². The van der Waals surface area contributed by atoms with Gasteiger partial charge in [-0.15, -0.1) is 0 Å². The van der Waals surface area contributed by atoms with Crippen LogP contribution in [-0.4, -0.2) is 47.0 Å². The summed E-state index contributed by atoms with van der Waals surface area (Å²) >= 11 is 0. The van der Waals surface area contributed by atoms with Crippen LogP contribution < -0.4 is 20.8 Å². The molecule has 36 heavy (non-hydrogen) atoms. The predicted octanol–water partition coefficient (Wildman–Crippen LogP) is 3.74. The van der Waals surface area contributed by atoms with E-state index in [2.05, 4.69) is 37.2 Å². The van der Waals surface area contributed by atoms with Crippen molar-refractivity contribution in [3.05, 3.63) is 99.0 Å². The number of hydrogen-bond donors (Lipinski definition) is 3. The number of carbonyl (C=O) groups excluding carboxylic acids is 1. The van der Waals surface area contributed by atoms with Crippen LogP contribution in [0.1, 0.15) is 5.56 Å². The standard InChI is InChI=1S/C26H24N6O4/c33-25(11-8-18-6-9-20(10-7-18)32(35)36)27-23-16-21-22(29-26(34)28-21)17-24(23)31-14-12-30(13-15-31)19-4-2-1-3-5-19/h1-11,16-17H,12-15H2,(H,27,33)(H2,28,29,34)/b11-8+. The van der Waals surface area contributed by atoms with Gasteiger partial charge in [-0.25, -0.2) is 4.79 Å². The van der Waals surface area contributed by atoms with E-state index >= 15 is 0 Å². The van der Waals surface area contributed by atoms with Crippen molar-refractivity contribution in [3.63, 3.8) is 0 Å². The zero-order chi connectivity index (χ0) is 25.1. The molecule has 0 aliphatic carbocycles. The van der Waals surface area contributed by atoms with E-state index in [0.29, 0.717) is 22.3 Å². The minimum absolute atomic E-state index is 0.0117. The summed E-state index contributed by atoms with van der Waals surface area (Å²) in [6, 6.07) is 19.8. The van der Waals surface area contributed by atoms with Crippen LogP contribution in [0.4, 0.5) is 22.7 Å². The molecular weight excluding hydrogens is 460 g/mol. The fourth-order valence-corrected chi connectivity index (χ4v) is 4.33. The van der Waals surface area contributed by atoms with Crippen molar-refractivity contribution in [1.82, 2.24) is 9.97 Å². The van der Waals surface area contributed by atoms with E-state index < -0.39 is 4.92 Å². The predicted molar refractivity (Wildman–Crippen MR) is 141 cm³/mol. The first-order chi connectivity index (χ1) is 17.5. The average molecular weight is 485 g/mol. The van der Waals surface area contributed by atoms with E-state index in [-0.39, 0.29) is 17.3 Å². The van der Waals surface area contributed by atoms with Gasteiger partial charge in [-0.2, -0.15) is 0 Å². The van der Waals surface area contributed by atoms with Crippen LogP contribution in [0.15, 0.2) is 77.6 Å². The van der Waals surface area contributed by atoms with Crippen molar-refractivity contribution in [2.24, 2.45) is 0 Å². The number of piperazine rings is 1. The molecule has 10 heteroatoms. The first-order valence-electron chi connectivity index (χ1n) is 11.5. The van der Waals surface area contributed by atoms with Crippen molar-refractivity contribution in [2.75, 3.05) is 41.3 Å². The fraction of sp³-hybridized carbons (Fsp3) is 0.154. The van der Waals surface area contributed by atoms with Gasteiger partial charge in [-0.1, -0.05) is 18.2 Å². The molecule has 3 aromatic carbocycles. The van der Waals surface area contributed by atoms with E-state index in [0.717, 1.165) is 31.9 Å². The molecule has 1 fully saturated rings. The topological polar surface area (TPSA) is 127 Å². The monoisotopic (exact) mass is 484 g/mol. The number of aromatic nitrogens is 2. The van der Waals surface area contributed by atoms with E-state index in [4.69, 9.17) is 0 Å². The van der Waals surface area contributed by atoms with Crippen LogP contribution in [0, 0.1) is 10.1 Å². The Morgan fingerprint density at radius 1 is 0.917 bits per heavy atom. The molecule has 0 saturated carbocycles. The number of para-hydroxylation sites is 1. The summed E-state index contributed by atoms with van der Waals surface area (Å²) in [5.74, 6) is -0.352. The van der Waals surface area contributed by atoms with Crippen LogP contribution in [0.5, 0.6) is 0 Å². The smallest absolute Gasteiger partial charge is 0.323 e. The zero-order valence-electron chi connectivity index (χ0n) is 19.3. The SMILES string of the molecule is O=C(/C=C/c1ccc([N+](=O)[O-])cc1)Nc1cc2[nH]c(=O)[nH]c2cc1N1CCN(c2ccccc2)CC1. The molecule has 1 aliphatic heterocycles. The second-order valence-corrected chi connectivity index (χ2v) is 8.47.